The summed E-state index contributed by atoms with van der Waals surface area (Å²) in [5.41, 5.74) is 3.40. The Bertz CT molecular complexity index is 1510. The molecular weight excluding hydrogens is 562 g/mol. The molecule has 2 atom stereocenters. The third-order valence-electron chi connectivity index (χ3n) is 8.04. The highest BCUT2D eigenvalue weighted by Crippen LogP contribution is 2.47. The summed E-state index contributed by atoms with van der Waals surface area (Å²) in [5.74, 6) is -0.142. The monoisotopic (exact) mass is 603 g/mol. The summed E-state index contributed by atoms with van der Waals surface area (Å²) in [6.07, 6.45) is 1.13. The van der Waals surface area contributed by atoms with Crippen molar-refractivity contribution >= 4 is 41.3 Å². The van der Waals surface area contributed by atoms with Gasteiger partial charge in [-0.15, -0.1) is 0 Å². The van der Waals surface area contributed by atoms with Gasteiger partial charge in [0.25, 0.3) is 5.91 Å². The maximum Gasteiger partial charge on any atom is 0.410 e. The van der Waals surface area contributed by atoms with E-state index in [4.69, 9.17) is 16.3 Å². The van der Waals surface area contributed by atoms with Gasteiger partial charge in [-0.3, -0.25) is 4.79 Å². The smallest absolute Gasteiger partial charge is 0.410 e. The molecule has 43 heavy (non-hydrogen) atoms. The number of hydrogen-bond donors (Lipinski definition) is 0. The number of benzene rings is 3. The second kappa shape index (κ2) is 12.4. The van der Waals surface area contributed by atoms with Crippen LogP contribution in [0, 0.1) is 5.92 Å². The van der Waals surface area contributed by atoms with Gasteiger partial charge in [0.2, 0.25) is 0 Å². The van der Waals surface area contributed by atoms with Crippen molar-refractivity contribution in [1.82, 2.24) is 9.80 Å². The number of ether oxygens (including phenoxy) is 1. The zero-order valence-electron chi connectivity index (χ0n) is 26.3. The molecule has 8 heteroatoms. The largest absolute Gasteiger partial charge is 0.444 e. The summed E-state index contributed by atoms with van der Waals surface area (Å²) in [6.45, 7) is 10.1. The number of anilines is 2. The van der Waals surface area contributed by atoms with Gasteiger partial charge in [0.1, 0.15) is 11.9 Å². The molecule has 2 amide bonds. The van der Waals surface area contributed by atoms with E-state index in [0.717, 1.165) is 34.4 Å². The quantitative estimate of drug-likeness (QED) is 0.260. The minimum atomic E-state index is -0.907. The van der Waals surface area contributed by atoms with Gasteiger partial charge in [0.15, 0.2) is 0 Å². The van der Waals surface area contributed by atoms with E-state index in [9.17, 15) is 14.4 Å². The first-order chi connectivity index (χ1) is 20.2. The number of rotatable bonds is 7. The number of aldehydes is 1. The van der Waals surface area contributed by atoms with Crippen molar-refractivity contribution in [1.29, 1.82) is 0 Å². The molecular formula is C35H42ClN3O4. The highest BCUT2D eigenvalue weighted by Gasteiger charge is 2.53. The molecule has 0 N–H and O–H groups in total. The Balaban J connectivity index is 1.73. The lowest BCUT2D eigenvalue weighted by molar-refractivity contribution is -0.113. The fourth-order valence-corrected chi connectivity index (χ4v) is 6.40. The molecule has 3 aromatic rings. The van der Waals surface area contributed by atoms with Gasteiger partial charge in [-0.2, -0.15) is 0 Å². The molecule has 0 bridgehead atoms. The summed E-state index contributed by atoms with van der Waals surface area (Å²) < 4.78 is 5.75. The van der Waals surface area contributed by atoms with E-state index in [0.29, 0.717) is 23.6 Å². The minimum absolute atomic E-state index is 0.00834. The van der Waals surface area contributed by atoms with Crippen molar-refractivity contribution in [3.05, 3.63) is 82.9 Å². The first kappa shape index (κ1) is 32.1. The second-order valence-electron chi connectivity index (χ2n) is 12.8. The Hall–Kier alpha value is -3.84. The van der Waals surface area contributed by atoms with Crippen molar-refractivity contribution in [2.45, 2.75) is 58.1 Å². The lowest BCUT2D eigenvalue weighted by atomic mass is 9.71. The molecule has 1 unspecified atom stereocenters. The predicted octanol–water partition coefficient (Wildman–Crippen LogP) is 7.58. The SMILES string of the molecule is CC(C)C1N(C(=O)OC(C)(C)C)CC[C@]1(C=O)c1ccccc1N(C)c1cccc(-c2ccc(C(=O)N(C)C)c(Cl)c2)c1. The molecule has 1 fully saturated rings. The fraction of sp³-hybridized carbons (Fsp3) is 0.400. The molecule has 1 aliphatic heterocycles. The van der Waals surface area contributed by atoms with Crippen molar-refractivity contribution in [3.8, 4) is 11.1 Å². The number of para-hydroxylation sites is 1. The Morgan fingerprint density at radius 1 is 1.00 bits per heavy atom. The molecule has 0 radical (unpaired) electrons. The van der Waals surface area contributed by atoms with E-state index in [-0.39, 0.29) is 17.9 Å². The van der Waals surface area contributed by atoms with Crippen LogP contribution in [0.4, 0.5) is 16.2 Å². The summed E-state index contributed by atoms with van der Waals surface area (Å²) in [7, 11) is 5.37. The average Bonchev–Trinajstić information content (AvgIpc) is 3.37. The van der Waals surface area contributed by atoms with Gasteiger partial charge in [-0.05, 0) is 80.1 Å². The maximum atomic E-state index is 13.3. The predicted molar refractivity (Wildman–Crippen MR) is 173 cm³/mol. The van der Waals surface area contributed by atoms with Crippen LogP contribution in [-0.4, -0.2) is 67.4 Å². The van der Waals surface area contributed by atoms with Crippen LogP contribution in [0.3, 0.4) is 0 Å². The van der Waals surface area contributed by atoms with E-state index in [1.54, 1.807) is 25.1 Å². The molecule has 3 aromatic carbocycles. The van der Waals surface area contributed by atoms with Crippen LogP contribution in [0.1, 0.15) is 57.0 Å². The van der Waals surface area contributed by atoms with Crippen molar-refractivity contribution in [2.75, 3.05) is 32.6 Å². The Kier molecular flexibility index (Phi) is 9.26. The van der Waals surface area contributed by atoms with Gasteiger partial charge in [-0.25, -0.2) is 4.79 Å². The number of amides is 2. The topological polar surface area (TPSA) is 70.2 Å². The Morgan fingerprint density at radius 3 is 2.28 bits per heavy atom. The molecule has 0 spiro atoms. The maximum absolute atomic E-state index is 13.3. The molecule has 0 aliphatic carbocycles. The number of nitrogens with zero attached hydrogens (tertiary/aromatic N) is 3. The fourth-order valence-electron chi connectivity index (χ4n) is 6.14. The molecule has 228 valence electrons. The molecule has 1 aliphatic rings. The van der Waals surface area contributed by atoms with E-state index in [2.05, 4.69) is 11.0 Å². The van der Waals surface area contributed by atoms with E-state index in [1.165, 1.54) is 4.90 Å². The molecule has 0 saturated carbocycles. The first-order valence-electron chi connectivity index (χ1n) is 14.6. The Morgan fingerprint density at radius 2 is 1.67 bits per heavy atom. The van der Waals surface area contributed by atoms with Crippen LogP contribution in [0.25, 0.3) is 11.1 Å². The Labute approximate surface area is 260 Å². The molecule has 4 rings (SSSR count). The molecule has 1 saturated heterocycles. The van der Waals surface area contributed by atoms with Crippen LogP contribution in [0.5, 0.6) is 0 Å². The zero-order chi connectivity index (χ0) is 31.7. The second-order valence-corrected chi connectivity index (χ2v) is 13.2. The average molecular weight is 604 g/mol. The van der Waals surface area contributed by atoms with Crippen LogP contribution in [-0.2, 0) is 14.9 Å². The number of halogens is 1. The standard InChI is InChI=1S/C35H42ClN3O4/c1-23(2)31-35(22-40,18-19-39(31)33(42)43-34(3,4)5)28-14-9-10-15-30(28)38(8)26-13-11-12-24(20-26)25-16-17-27(29(36)21-25)32(41)37(6)7/h9-17,20-23,31H,18-19H2,1-8H3/t31?,35-/m0/s1. The summed E-state index contributed by atoms with van der Waals surface area (Å²) >= 11 is 6.52. The van der Waals surface area contributed by atoms with Gasteiger partial charge in [-0.1, -0.05) is 61.8 Å². The van der Waals surface area contributed by atoms with Crippen molar-refractivity contribution < 1.29 is 19.1 Å². The van der Waals surface area contributed by atoms with Gasteiger partial charge >= 0.3 is 6.09 Å². The van der Waals surface area contributed by atoms with E-state index >= 15 is 0 Å². The van der Waals surface area contributed by atoms with Crippen LogP contribution >= 0.6 is 11.6 Å². The third kappa shape index (κ3) is 6.42. The number of carbonyl (C=O) groups excluding carboxylic acids is 3. The van der Waals surface area contributed by atoms with Gasteiger partial charge in [0, 0.05) is 39.1 Å². The lowest BCUT2D eigenvalue weighted by Gasteiger charge is -2.39. The highest BCUT2D eigenvalue weighted by atomic mass is 35.5. The summed E-state index contributed by atoms with van der Waals surface area (Å²) in [6, 6.07) is 21.1. The highest BCUT2D eigenvalue weighted by molar-refractivity contribution is 6.34. The van der Waals surface area contributed by atoms with Crippen molar-refractivity contribution in [2.24, 2.45) is 5.92 Å². The van der Waals surface area contributed by atoms with Crippen molar-refractivity contribution in [3.63, 3.8) is 0 Å². The molecule has 1 heterocycles. The van der Waals surface area contributed by atoms with E-state index < -0.39 is 17.1 Å². The third-order valence-corrected chi connectivity index (χ3v) is 8.35. The van der Waals surface area contributed by atoms with Crippen LogP contribution < -0.4 is 4.90 Å². The normalized spacial score (nSPS) is 18.5. The van der Waals surface area contributed by atoms with Crippen LogP contribution in [0.15, 0.2) is 66.7 Å². The van der Waals surface area contributed by atoms with E-state index in [1.807, 2.05) is 96.3 Å². The number of likely N-dealkylation sites (tertiary alicyclic amines) is 1. The van der Waals surface area contributed by atoms with Crippen LogP contribution in [0.2, 0.25) is 5.02 Å². The first-order valence-corrected chi connectivity index (χ1v) is 15.0. The zero-order valence-corrected chi connectivity index (χ0v) is 27.1. The van der Waals surface area contributed by atoms with Gasteiger partial charge in [0.05, 0.1) is 22.0 Å². The summed E-state index contributed by atoms with van der Waals surface area (Å²) in [4.78, 5) is 44.2. The van der Waals surface area contributed by atoms with Gasteiger partial charge < -0.3 is 24.2 Å². The molecule has 7 nitrogen and oxygen atoms in total. The minimum Gasteiger partial charge on any atom is -0.444 e. The molecule has 0 aromatic heterocycles. The number of carbonyl (C=O) groups is 3. The summed E-state index contributed by atoms with van der Waals surface area (Å²) in [5, 5.41) is 0.392. The number of hydrogen-bond acceptors (Lipinski definition) is 5. The lowest BCUT2D eigenvalue weighted by Crippen LogP contribution is -2.50.